The van der Waals surface area contributed by atoms with E-state index in [1.165, 1.54) is 0 Å². The molecule has 9 nitrogen and oxygen atoms in total. The van der Waals surface area contributed by atoms with Gasteiger partial charge in [0, 0.05) is 23.7 Å². The highest BCUT2D eigenvalue weighted by molar-refractivity contribution is 5.18. The molecule has 7 aliphatic rings. The van der Waals surface area contributed by atoms with Gasteiger partial charge >= 0.3 is 0 Å². The number of fused-ring (bicyclic) bond motifs is 7. The zero-order chi connectivity index (χ0) is 29.8. The fraction of sp³-hybridized carbons (Fsp3) is 1.00. The van der Waals surface area contributed by atoms with Crippen LogP contribution in [0.15, 0.2) is 0 Å². The molecule has 7 fully saturated rings. The normalized spacial score (nSPS) is 60.9. The fourth-order valence-corrected chi connectivity index (χ4v) is 11.7. The zero-order valence-electron chi connectivity index (χ0n) is 25.8. The summed E-state index contributed by atoms with van der Waals surface area (Å²) in [4.78, 5) is 0. The van der Waals surface area contributed by atoms with Gasteiger partial charge in [-0.3, -0.25) is 0 Å². The molecule has 4 aliphatic carbocycles. The van der Waals surface area contributed by atoms with E-state index in [-0.39, 0.29) is 35.1 Å². The van der Waals surface area contributed by atoms with Gasteiger partial charge in [-0.05, 0) is 86.4 Å². The molecule has 0 aromatic carbocycles. The number of hydrogen-bond acceptors (Lipinski definition) is 9. The summed E-state index contributed by atoms with van der Waals surface area (Å²) in [6, 6.07) is 0. The molecule has 3 heterocycles. The molecule has 0 aromatic heterocycles. The third-order valence-electron chi connectivity index (χ3n) is 14.2. The lowest BCUT2D eigenvalue weighted by molar-refractivity contribution is -0.316. The molecule has 0 amide bonds. The Labute approximate surface area is 250 Å². The third kappa shape index (κ3) is 4.28. The average molecular weight is 595 g/mol. The van der Waals surface area contributed by atoms with Crippen molar-refractivity contribution in [2.75, 3.05) is 13.2 Å². The van der Waals surface area contributed by atoms with Crippen LogP contribution in [0.5, 0.6) is 0 Å². The standard InChI is InChI=1S/C33H54O9/c1-16-7-10-33(39-15-16)17(2)26-23(42-33)12-22-20-6-5-18-11-19(40-30-29(38)28(37)27(36)24(14-34)41-30)8-9-31(18,3)21(20)13-25(35)32(22,26)4/h16-30,34-38H,5-15H2,1-4H3/t16-,17+,18+,19+,20-,21+,22+,23+,24-,25-,26+,27+,28+,29-,30-,31+,32-,33-/m1/s1. The van der Waals surface area contributed by atoms with E-state index < -0.39 is 43.1 Å². The van der Waals surface area contributed by atoms with Gasteiger partial charge < -0.3 is 44.5 Å². The first-order valence-corrected chi connectivity index (χ1v) is 16.9. The van der Waals surface area contributed by atoms with Gasteiger partial charge in [-0.2, -0.15) is 0 Å². The maximum atomic E-state index is 12.0. The minimum Gasteiger partial charge on any atom is -0.394 e. The Morgan fingerprint density at radius 3 is 2.36 bits per heavy atom. The van der Waals surface area contributed by atoms with E-state index in [0.717, 1.165) is 64.4 Å². The van der Waals surface area contributed by atoms with E-state index in [1.807, 2.05) is 0 Å². The molecule has 0 aromatic rings. The van der Waals surface area contributed by atoms with Crippen molar-refractivity contribution < 1.29 is 44.5 Å². The van der Waals surface area contributed by atoms with E-state index in [4.69, 9.17) is 18.9 Å². The SMILES string of the molecule is C[C@@H]1CC[C@@]2(OC1)O[C@H]1C[C@H]3[C@@H]4CC[C@H]5C[C@@H](O[C@@H]6O[C@H](CO)[C@H](O)[C@H](O)[C@H]6O)CC[C@]5(C)[C@H]4C[C@@H](O)[C@]3(C)[C@H]1[C@@H]2C. The predicted molar refractivity (Wildman–Crippen MR) is 152 cm³/mol. The van der Waals surface area contributed by atoms with E-state index >= 15 is 0 Å². The molecular weight excluding hydrogens is 540 g/mol. The Hall–Kier alpha value is -0.360. The lowest BCUT2D eigenvalue weighted by Crippen LogP contribution is -2.61. The van der Waals surface area contributed by atoms with Crippen molar-refractivity contribution in [2.24, 2.45) is 52.3 Å². The van der Waals surface area contributed by atoms with Crippen LogP contribution in [0.4, 0.5) is 0 Å². The third-order valence-corrected chi connectivity index (χ3v) is 14.2. The molecule has 42 heavy (non-hydrogen) atoms. The van der Waals surface area contributed by atoms with Gasteiger partial charge in [-0.15, -0.1) is 0 Å². The number of ether oxygens (including phenoxy) is 4. The van der Waals surface area contributed by atoms with Crippen LogP contribution >= 0.6 is 0 Å². The van der Waals surface area contributed by atoms with E-state index in [2.05, 4.69) is 27.7 Å². The number of aliphatic hydroxyl groups excluding tert-OH is 5. The summed E-state index contributed by atoms with van der Waals surface area (Å²) in [6.07, 6.45) is 2.30. The van der Waals surface area contributed by atoms with Gasteiger partial charge in [-0.1, -0.05) is 27.7 Å². The Bertz CT molecular complexity index is 1000. The minimum atomic E-state index is -1.43. The average Bonchev–Trinajstić information content (AvgIpc) is 3.42. The maximum absolute atomic E-state index is 12.0. The number of hydrogen-bond donors (Lipinski definition) is 5. The fourth-order valence-electron chi connectivity index (χ4n) is 11.7. The molecule has 240 valence electrons. The molecule has 0 radical (unpaired) electrons. The zero-order valence-corrected chi connectivity index (χ0v) is 25.8. The van der Waals surface area contributed by atoms with Crippen LogP contribution in [0.2, 0.25) is 0 Å². The number of rotatable bonds is 3. The van der Waals surface area contributed by atoms with Crippen LogP contribution < -0.4 is 0 Å². The van der Waals surface area contributed by atoms with Gasteiger partial charge in [0.25, 0.3) is 0 Å². The summed E-state index contributed by atoms with van der Waals surface area (Å²) in [5, 5.41) is 52.5. The first-order chi connectivity index (χ1) is 19.9. The molecule has 3 saturated heterocycles. The molecule has 0 unspecified atom stereocenters. The molecule has 4 saturated carbocycles. The van der Waals surface area contributed by atoms with Crippen LogP contribution in [0.3, 0.4) is 0 Å². The Kier molecular flexibility index (Phi) is 7.64. The van der Waals surface area contributed by atoms with Gasteiger partial charge in [0.15, 0.2) is 12.1 Å². The summed E-state index contributed by atoms with van der Waals surface area (Å²) in [5.74, 6) is 2.61. The van der Waals surface area contributed by atoms with Crippen LogP contribution in [-0.2, 0) is 18.9 Å². The Balaban J connectivity index is 1.05. The smallest absolute Gasteiger partial charge is 0.186 e. The monoisotopic (exact) mass is 594 g/mol. The Morgan fingerprint density at radius 1 is 0.857 bits per heavy atom. The molecule has 1 spiro atoms. The molecule has 18 atom stereocenters. The first-order valence-electron chi connectivity index (χ1n) is 16.9. The second kappa shape index (κ2) is 10.6. The Morgan fingerprint density at radius 2 is 1.64 bits per heavy atom. The highest BCUT2D eigenvalue weighted by Crippen LogP contribution is 2.71. The maximum Gasteiger partial charge on any atom is 0.186 e. The molecule has 5 N–H and O–H groups in total. The van der Waals surface area contributed by atoms with Crippen LogP contribution in [0.1, 0.15) is 85.5 Å². The summed E-state index contributed by atoms with van der Waals surface area (Å²) < 4.78 is 25.2. The predicted octanol–water partition coefficient (Wildman–Crippen LogP) is 2.59. The summed E-state index contributed by atoms with van der Waals surface area (Å²) in [6.45, 7) is 9.68. The van der Waals surface area contributed by atoms with Gasteiger partial charge in [0.05, 0.1) is 31.5 Å². The topological polar surface area (TPSA) is 138 Å². The van der Waals surface area contributed by atoms with Crippen molar-refractivity contribution in [2.45, 2.75) is 140 Å². The van der Waals surface area contributed by atoms with Crippen LogP contribution in [0.25, 0.3) is 0 Å². The van der Waals surface area contributed by atoms with Crippen molar-refractivity contribution >= 4 is 0 Å². The summed E-state index contributed by atoms with van der Waals surface area (Å²) >= 11 is 0. The van der Waals surface area contributed by atoms with Crippen molar-refractivity contribution in [1.29, 1.82) is 0 Å². The summed E-state index contributed by atoms with van der Waals surface area (Å²) in [5.41, 5.74) is -0.0533. The molecule has 9 heteroatoms. The van der Waals surface area contributed by atoms with E-state index in [0.29, 0.717) is 35.5 Å². The van der Waals surface area contributed by atoms with Gasteiger partial charge in [0.2, 0.25) is 0 Å². The second-order valence-corrected chi connectivity index (χ2v) is 16.0. The van der Waals surface area contributed by atoms with Gasteiger partial charge in [-0.25, -0.2) is 0 Å². The minimum absolute atomic E-state index is 0.106. The molecule has 7 rings (SSSR count). The molecular formula is C33H54O9. The number of aliphatic hydroxyl groups is 5. The lowest BCUT2D eigenvalue weighted by Gasteiger charge is -2.62. The molecule has 0 bridgehead atoms. The summed E-state index contributed by atoms with van der Waals surface area (Å²) in [7, 11) is 0. The van der Waals surface area contributed by atoms with E-state index in [9.17, 15) is 25.5 Å². The quantitative estimate of drug-likeness (QED) is 0.312. The lowest BCUT2D eigenvalue weighted by atomic mass is 9.43. The second-order valence-electron chi connectivity index (χ2n) is 16.0. The largest absolute Gasteiger partial charge is 0.394 e. The highest BCUT2D eigenvalue weighted by atomic mass is 16.7. The van der Waals surface area contributed by atoms with Crippen molar-refractivity contribution in [3.63, 3.8) is 0 Å². The van der Waals surface area contributed by atoms with Gasteiger partial charge in [0.1, 0.15) is 24.4 Å². The van der Waals surface area contributed by atoms with Crippen molar-refractivity contribution in [3.8, 4) is 0 Å². The van der Waals surface area contributed by atoms with Crippen LogP contribution in [0, 0.1) is 52.3 Å². The highest BCUT2D eigenvalue weighted by Gasteiger charge is 2.71. The first kappa shape index (κ1) is 30.3. The van der Waals surface area contributed by atoms with Crippen molar-refractivity contribution in [1.82, 2.24) is 0 Å². The van der Waals surface area contributed by atoms with Crippen molar-refractivity contribution in [3.05, 3.63) is 0 Å². The molecule has 3 aliphatic heterocycles. The van der Waals surface area contributed by atoms with E-state index in [1.54, 1.807) is 0 Å². The van der Waals surface area contributed by atoms with Crippen LogP contribution in [-0.4, -0.2) is 93.6 Å².